The number of nitrogens with one attached hydrogen (secondary N) is 3. The number of amides is 1. The molecule has 0 heterocycles. The predicted octanol–water partition coefficient (Wildman–Crippen LogP) is 2.18. The number of ether oxygens (including phenoxy) is 1. The summed E-state index contributed by atoms with van der Waals surface area (Å²) in [6.45, 7) is 8.95. The summed E-state index contributed by atoms with van der Waals surface area (Å²) in [6.07, 6.45) is 1.47. The highest BCUT2D eigenvalue weighted by Gasteiger charge is 2.16. The third kappa shape index (κ3) is 11.4. The number of benzene rings is 1. The molecular weight excluding hydrogens is 380 g/mol. The second-order valence-corrected chi connectivity index (χ2v) is 9.65. The van der Waals surface area contributed by atoms with Gasteiger partial charge in [0.15, 0.2) is 5.96 Å². The molecule has 0 aliphatic carbocycles. The fourth-order valence-corrected chi connectivity index (χ4v) is 2.59. The topological polar surface area (TPSA) is 109 Å². The number of nitrogens with zero attached hydrogens (tertiary/aromatic N) is 1. The molecular formula is C19H32N4O4S. The maximum atomic E-state index is 11.8. The Hall–Kier alpha value is -2.29. The summed E-state index contributed by atoms with van der Waals surface area (Å²) >= 11 is 0. The lowest BCUT2D eigenvalue weighted by Crippen LogP contribution is -2.38. The Morgan fingerprint density at radius 2 is 1.79 bits per heavy atom. The molecule has 158 valence electrons. The van der Waals surface area contributed by atoms with Crippen molar-refractivity contribution < 1.29 is 17.9 Å². The van der Waals surface area contributed by atoms with Gasteiger partial charge in [0.05, 0.1) is 12.3 Å². The lowest BCUT2D eigenvalue weighted by atomic mass is 10.1. The van der Waals surface area contributed by atoms with Crippen LogP contribution in [0, 0.1) is 0 Å². The van der Waals surface area contributed by atoms with Crippen molar-refractivity contribution in [2.45, 2.75) is 39.7 Å². The normalized spacial score (nSPS) is 12.4. The molecule has 3 N–H and O–H groups in total. The average molecular weight is 413 g/mol. The van der Waals surface area contributed by atoms with Crippen molar-refractivity contribution in [3.8, 4) is 0 Å². The van der Waals surface area contributed by atoms with Gasteiger partial charge in [-0.3, -0.25) is 10.3 Å². The molecule has 0 fully saturated rings. The zero-order chi connectivity index (χ0) is 21.2. The van der Waals surface area contributed by atoms with Crippen LogP contribution in [0.15, 0.2) is 29.3 Å². The van der Waals surface area contributed by atoms with Crippen molar-refractivity contribution >= 4 is 27.6 Å². The zero-order valence-electron chi connectivity index (χ0n) is 17.3. The fourth-order valence-electron chi connectivity index (χ4n) is 2.17. The lowest BCUT2D eigenvalue weighted by molar-refractivity contribution is 0.0636. The highest BCUT2D eigenvalue weighted by atomic mass is 32.2. The molecule has 1 amide bonds. The largest absolute Gasteiger partial charge is 0.444 e. The van der Waals surface area contributed by atoms with E-state index in [1.165, 1.54) is 6.26 Å². The molecule has 0 spiro atoms. The van der Waals surface area contributed by atoms with Gasteiger partial charge < -0.3 is 15.4 Å². The average Bonchev–Trinajstić information content (AvgIpc) is 2.53. The van der Waals surface area contributed by atoms with E-state index in [0.717, 1.165) is 12.0 Å². The Morgan fingerprint density at radius 1 is 1.14 bits per heavy atom. The van der Waals surface area contributed by atoms with Crippen LogP contribution in [-0.2, 0) is 21.0 Å². The second-order valence-electron chi connectivity index (χ2n) is 7.39. The molecule has 0 saturated carbocycles. The van der Waals surface area contributed by atoms with E-state index in [2.05, 4.69) is 20.9 Å². The fraction of sp³-hybridized carbons (Fsp3) is 0.579. The van der Waals surface area contributed by atoms with Crippen LogP contribution in [0.5, 0.6) is 0 Å². The molecule has 0 saturated heterocycles. The summed E-state index contributed by atoms with van der Waals surface area (Å²) in [5.41, 5.74) is 1.22. The zero-order valence-corrected chi connectivity index (χ0v) is 18.1. The van der Waals surface area contributed by atoms with Crippen LogP contribution in [0.4, 0.5) is 10.5 Å². The first-order valence-electron chi connectivity index (χ1n) is 9.27. The number of hydrogen-bond donors (Lipinski definition) is 3. The Balaban J connectivity index is 2.48. The van der Waals surface area contributed by atoms with Crippen LogP contribution in [-0.4, -0.2) is 57.7 Å². The van der Waals surface area contributed by atoms with Crippen LogP contribution in [0.2, 0.25) is 0 Å². The quantitative estimate of drug-likeness (QED) is 0.446. The SMILES string of the molecule is CCNC(=NCCS(C)(=O)=O)NCCc1ccc(NC(=O)OC(C)(C)C)cc1. The number of sulfone groups is 1. The number of carbonyl (C=O) groups excluding carboxylic acids is 1. The summed E-state index contributed by atoms with van der Waals surface area (Å²) < 4.78 is 27.6. The molecule has 9 heteroatoms. The van der Waals surface area contributed by atoms with Gasteiger partial charge in [0, 0.05) is 25.0 Å². The summed E-state index contributed by atoms with van der Waals surface area (Å²) in [4.78, 5) is 16.0. The van der Waals surface area contributed by atoms with E-state index in [0.29, 0.717) is 24.7 Å². The van der Waals surface area contributed by atoms with E-state index in [1.807, 2.05) is 52.0 Å². The van der Waals surface area contributed by atoms with Crippen molar-refractivity contribution in [1.29, 1.82) is 0 Å². The van der Waals surface area contributed by atoms with Gasteiger partial charge in [-0.2, -0.15) is 0 Å². The first-order chi connectivity index (χ1) is 13.0. The molecule has 0 atom stereocenters. The van der Waals surface area contributed by atoms with Crippen LogP contribution in [0.25, 0.3) is 0 Å². The van der Waals surface area contributed by atoms with E-state index in [4.69, 9.17) is 4.74 Å². The maximum absolute atomic E-state index is 11.8. The van der Waals surface area contributed by atoms with E-state index < -0.39 is 21.5 Å². The van der Waals surface area contributed by atoms with Gasteiger partial charge in [-0.25, -0.2) is 13.2 Å². The summed E-state index contributed by atoms with van der Waals surface area (Å²) in [6, 6.07) is 7.51. The molecule has 1 aromatic rings. The highest BCUT2D eigenvalue weighted by molar-refractivity contribution is 7.90. The first-order valence-corrected chi connectivity index (χ1v) is 11.3. The van der Waals surface area contributed by atoms with Crippen LogP contribution < -0.4 is 16.0 Å². The Kier molecular flexibility index (Phi) is 9.24. The monoisotopic (exact) mass is 412 g/mol. The maximum Gasteiger partial charge on any atom is 0.412 e. The van der Waals surface area contributed by atoms with Crippen molar-refractivity contribution in [2.24, 2.45) is 4.99 Å². The molecule has 0 aromatic heterocycles. The van der Waals surface area contributed by atoms with Gasteiger partial charge in [0.1, 0.15) is 15.4 Å². The van der Waals surface area contributed by atoms with Gasteiger partial charge in [-0.1, -0.05) is 12.1 Å². The number of carbonyl (C=O) groups is 1. The predicted molar refractivity (Wildman–Crippen MR) is 114 cm³/mol. The molecule has 28 heavy (non-hydrogen) atoms. The second kappa shape index (κ2) is 10.9. The molecule has 1 rings (SSSR count). The van der Waals surface area contributed by atoms with Crippen molar-refractivity contribution in [3.63, 3.8) is 0 Å². The van der Waals surface area contributed by atoms with E-state index >= 15 is 0 Å². The third-order valence-electron chi connectivity index (χ3n) is 3.38. The van der Waals surface area contributed by atoms with Gasteiger partial charge in [-0.05, 0) is 51.8 Å². The molecule has 0 aliphatic rings. The van der Waals surface area contributed by atoms with Crippen LogP contribution in [0.1, 0.15) is 33.3 Å². The van der Waals surface area contributed by atoms with Crippen molar-refractivity contribution in [1.82, 2.24) is 10.6 Å². The Labute approximate surface area is 168 Å². The Bertz CT molecular complexity index is 753. The first kappa shape index (κ1) is 23.7. The minimum absolute atomic E-state index is 0.0235. The summed E-state index contributed by atoms with van der Waals surface area (Å²) in [7, 11) is -3.02. The minimum atomic E-state index is -3.02. The molecule has 1 aromatic carbocycles. The van der Waals surface area contributed by atoms with E-state index in [-0.39, 0.29) is 12.3 Å². The van der Waals surface area contributed by atoms with E-state index in [9.17, 15) is 13.2 Å². The summed E-state index contributed by atoms with van der Waals surface area (Å²) in [5.74, 6) is 0.615. The van der Waals surface area contributed by atoms with Gasteiger partial charge in [-0.15, -0.1) is 0 Å². The summed E-state index contributed by atoms with van der Waals surface area (Å²) in [5, 5.41) is 8.97. The number of guanidine groups is 1. The Morgan fingerprint density at radius 3 is 2.32 bits per heavy atom. The van der Waals surface area contributed by atoms with Gasteiger partial charge in [0.25, 0.3) is 0 Å². The number of rotatable bonds is 8. The number of hydrogen-bond acceptors (Lipinski definition) is 5. The minimum Gasteiger partial charge on any atom is -0.444 e. The standard InChI is InChI=1S/C19H32N4O4S/c1-6-20-17(22-13-14-28(5,25)26)21-12-11-15-7-9-16(10-8-15)23-18(24)27-19(2,3)4/h7-10H,6,11-14H2,1-5H3,(H,23,24)(H2,20,21,22). The molecule has 8 nitrogen and oxygen atoms in total. The van der Waals surface area contributed by atoms with Crippen molar-refractivity contribution in [2.75, 3.05) is 37.0 Å². The van der Waals surface area contributed by atoms with Gasteiger partial charge >= 0.3 is 6.09 Å². The van der Waals surface area contributed by atoms with Crippen LogP contribution in [0.3, 0.4) is 0 Å². The molecule has 0 unspecified atom stereocenters. The third-order valence-corrected chi connectivity index (χ3v) is 4.31. The molecule has 0 radical (unpaired) electrons. The number of anilines is 1. The number of aliphatic imine (C=N–C) groups is 1. The van der Waals surface area contributed by atoms with E-state index in [1.54, 1.807) is 0 Å². The molecule has 0 bridgehead atoms. The van der Waals surface area contributed by atoms with Gasteiger partial charge in [0.2, 0.25) is 0 Å². The van der Waals surface area contributed by atoms with Crippen molar-refractivity contribution in [3.05, 3.63) is 29.8 Å². The van der Waals surface area contributed by atoms with Crippen LogP contribution >= 0.6 is 0 Å². The lowest BCUT2D eigenvalue weighted by Gasteiger charge is -2.19. The smallest absolute Gasteiger partial charge is 0.412 e. The highest BCUT2D eigenvalue weighted by Crippen LogP contribution is 2.13. The molecule has 0 aliphatic heterocycles.